The van der Waals surface area contributed by atoms with Gasteiger partial charge in [0.1, 0.15) is 5.58 Å². The van der Waals surface area contributed by atoms with Gasteiger partial charge in [0, 0.05) is 16.9 Å². The highest BCUT2D eigenvalue weighted by Gasteiger charge is 2.49. The molecule has 0 radical (unpaired) electrons. The van der Waals surface area contributed by atoms with Crippen LogP contribution >= 0.6 is 0 Å². The molecule has 2 atom stereocenters. The van der Waals surface area contributed by atoms with Crippen molar-refractivity contribution in [3.8, 4) is 0 Å². The van der Waals surface area contributed by atoms with Crippen molar-refractivity contribution in [1.29, 1.82) is 0 Å². The van der Waals surface area contributed by atoms with Crippen molar-refractivity contribution in [2.75, 3.05) is 6.79 Å². The number of ether oxygens (including phenoxy) is 2. The standard InChI is InChI=1S/C19H20O6/c1-19(2,3)18(22)25-10-24-17(21)14-9-13(14)16(20)12-4-5-15-11(8-12)6-7-23-15/h4-8,13-14H,9-10H2,1-3H3/t13-,14-/m0/s1. The number of ketones is 1. The molecule has 0 N–H and O–H groups in total. The minimum absolute atomic E-state index is 0.0864. The second kappa shape index (κ2) is 6.35. The molecule has 1 aromatic carbocycles. The molecule has 0 unspecified atom stereocenters. The Balaban J connectivity index is 1.52. The Morgan fingerprint density at radius 3 is 2.60 bits per heavy atom. The van der Waals surface area contributed by atoms with Crippen LogP contribution in [-0.4, -0.2) is 24.5 Å². The number of rotatable bonds is 5. The maximum atomic E-state index is 12.5. The highest BCUT2D eigenvalue weighted by molar-refractivity contribution is 6.04. The molecule has 0 saturated heterocycles. The average molecular weight is 344 g/mol. The number of benzene rings is 1. The summed E-state index contributed by atoms with van der Waals surface area (Å²) >= 11 is 0. The Bertz CT molecular complexity index is 826. The Hall–Kier alpha value is -2.63. The lowest BCUT2D eigenvalue weighted by Crippen LogP contribution is -2.25. The summed E-state index contributed by atoms with van der Waals surface area (Å²) in [7, 11) is 0. The van der Waals surface area contributed by atoms with E-state index in [0.29, 0.717) is 17.6 Å². The molecule has 1 aliphatic rings. The van der Waals surface area contributed by atoms with Crippen LogP contribution in [0.3, 0.4) is 0 Å². The van der Waals surface area contributed by atoms with Gasteiger partial charge in [-0.15, -0.1) is 0 Å². The number of hydrogen-bond donors (Lipinski definition) is 0. The van der Waals surface area contributed by atoms with Crippen molar-refractivity contribution in [1.82, 2.24) is 0 Å². The molecule has 0 spiro atoms. The third-order valence-corrected chi connectivity index (χ3v) is 4.17. The quantitative estimate of drug-likeness (QED) is 0.470. The van der Waals surface area contributed by atoms with Gasteiger partial charge in [0.25, 0.3) is 0 Å². The van der Waals surface area contributed by atoms with E-state index in [1.165, 1.54) is 0 Å². The lowest BCUT2D eigenvalue weighted by Gasteiger charge is -2.16. The van der Waals surface area contributed by atoms with Crippen LogP contribution in [0, 0.1) is 17.3 Å². The molecule has 1 fully saturated rings. The molecule has 1 aromatic heterocycles. The first-order chi connectivity index (χ1) is 11.8. The van der Waals surface area contributed by atoms with Crippen LogP contribution in [-0.2, 0) is 19.1 Å². The van der Waals surface area contributed by atoms with Crippen LogP contribution < -0.4 is 0 Å². The highest BCUT2D eigenvalue weighted by atomic mass is 16.7. The van der Waals surface area contributed by atoms with Gasteiger partial charge in [0.15, 0.2) is 5.78 Å². The van der Waals surface area contributed by atoms with Crippen molar-refractivity contribution in [2.45, 2.75) is 27.2 Å². The van der Waals surface area contributed by atoms with Crippen molar-refractivity contribution in [3.05, 3.63) is 36.1 Å². The SMILES string of the molecule is CC(C)(C)C(=O)OCOC(=O)[C@H]1C[C@@H]1C(=O)c1ccc2occc2c1. The fourth-order valence-electron chi connectivity index (χ4n) is 2.54. The maximum Gasteiger partial charge on any atom is 0.314 e. The van der Waals surface area contributed by atoms with E-state index in [9.17, 15) is 14.4 Å². The van der Waals surface area contributed by atoms with Crippen molar-refractivity contribution in [2.24, 2.45) is 17.3 Å². The Morgan fingerprint density at radius 1 is 1.12 bits per heavy atom. The summed E-state index contributed by atoms with van der Waals surface area (Å²) in [6.07, 6.45) is 2.02. The van der Waals surface area contributed by atoms with E-state index in [0.717, 1.165) is 5.39 Å². The van der Waals surface area contributed by atoms with E-state index in [-0.39, 0.29) is 11.7 Å². The minimum atomic E-state index is -0.657. The molecule has 1 saturated carbocycles. The van der Waals surface area contributed by atoms with E-state index in [1.807, 2.05) is 0 Å². The first-order valence-electron chi connectivity index (χ1n) is 8.13. The lowest BCUT2D eigenvalue weighted by molar-refractivity contribution is -0.174. The molecular formula is C19H20O6. The van der Waals surface area contributed by atoms with Gasteiger partial charge in [-0.25, -0.2) is 0 Å². The molecule has 25 heavy (non-hydrogen) atoms. The van der Waals surface area contributed by atoms with Gasteiger partial charge in [0.2, 0.25) is 6.79 Å². The van der Waals surface area contributed by atoms with Gasteiger partial charge >= 0.3 is 11.9 Å². The third kappa shape index (κ3) is 3.73. The second-order valence-electron chi connectivity index (χ2n) is 7.25. The van der Waals surface area contributed by atoms with Gasteiger partial charge < -0.3 is 13.9 Å². The summed E-state index contributed by atoms with van der Waals surface area (Å²) in [6, 6.07) is 6.98. The zero-order valence-corrected chi connectivity index (χ0v) is 14.4. The molecule has 0 bridgehead atoms. The molecule has 1 aliphatic carbocycles. The number of esters is 2. The molecule has 0 amide bonds. The number of fused-ring (bicyclic) bond motifs is 1. The topological polar surface area (TPSA) is 82.8 Å². The largest absolute Gasteiger partial charge is 0.464 e. The van der Waals surface area contributed by atoms with Gasteiger partial charge in [-0.3, -0.25) is 14.4 Å². The van der Waals surface area contributed by atoms with Crippen LogP contribution in [0.25, 0.3) is 11.0 Å². The highest BCUT2D eigenvalue weighted by Crippen LogP contribution is 2.42. The van der Waals surface area contributed by atoms with Gasteiger partial charge in [-0.2, -0.15) is 0 Å². The molecule has 6 heteroatoms. The predicted molar refractivity (Wildman–Crippen MR) is 88.6 cm³/mol. The smallest absolute Gasteiger partial charge is 0.314 e. The van der Waals surface area contributed by atoms with Gasteiger partial charge in [-0.05, 0) is 51.5 Å². The van der Waals surface area contributed by atoms with Crippen molar-refractivity contribution >= 4 is 28.7 Å². The van der Waals surface area contributed by atoms with Gasteiger partial charge in [-0.1, -0.05) is 0 Å². The number of carbonyl (C=O) groups excluding carboxylic acids is 3. The molecule has 1 heterocycles. The summed E-state index contributed by atoms with van der Waals surface area (Å²) < 4.78 is 15.1. The fourth-order valence-corrected chi connectivity index (χ4v) is 2.54. The Labute approximate surface area is 145 Å². The molecule has 3 rings (SSSR count). The first kappa shape index (κ1) is 17.2. The minimum Gasteiger partial charge on any atom is -0.464 e. The molecule has 0 aliphatic heterocycles. The van der Waals surface area contributed by atoms with Crippen molar-refractivity contribution in [3.63, 3.8) is 0 Å². The van der Waals surface area contributed by atoms with Crippen LogP contribution in [0.1, 0.15) is 37.6 Å². The van der Waals surface area contributed by atoms with E-state index >= 15 is 0 Å². The number of furan rings is 1. The van der Waals surface area contributed by atoms with E-state index < -0.39 is 30.1 Å². The summed E-state index contributed by atoms with van der Waals surface area (Å²) in [5.41, 5.74) is 0.605. The monoisotopic (exact) mass is 344 g/mol. The third-order valence-electron chi connectivity index (χ3n) is 4.17. The molecule has 6 nitrogen and oxygen atoms in total. The first-order valence-corrected chi connectivity index (χ1v) is 8.13. The van der Waals surface area contributed by atoms with Crippen LogP contribution in [0.5, 0.6) is 0 Å². The Kier molecular flexibility index (Phi) is 4.37. The molecular weight excluding hydrogens is 324 g/mol. The molecule has 2 aromatic rings. The van der Waals surface area contributed by atoms with Crippen LogP contribution in [0.4, 0.5) is 0 Å². The van der Waals surface area contributed by atoms with Crippen LogP contribution in [0.15, 0.2) is 34.9 Å². The number of carbonyl (C=O) groups is 3. The summed E-state index contributed by atoms with van der Waals surface area (Å²) in [5.74, 6) is -1.89. The van der Waals surface area contributed by atoms with Crippen LogP contribution in [0.2, 0.25) is 0 Å². The fraction of sp³-hybridized carbons (Fsp3) is 0.421. The zero-order chi connectivity index (χ0) is 18.2. The van der Waals surface area contributed by atoms with Crippen molar-refractivity contribution < 1.29 is 28.3 Å². The number of Topliss-reactive ketones (excluding diaryl/α,β-unsaturated/α-hetero) is 1. The van der Waals surface area contributed by atoms with E-state index in [4.69, 9.17) is 13.9 Å². The summed E-state index contributed by atoms with van der Waals surface area (Å²) in [5, 5.41) is 0.847. The molecule has 132 valence electrons. The lowest BCUT2D eigenvalue weighted by atomic mass is 9.98. The zero-order valence-electron chi connectivity index (χ0n) is 14.4. The Morgan fingerprint density at radius 2 is 1.88 bits per heavy atom. The predicted octanol–water partition coefficient (Wildman–Crippen LogP) is 3.34. The van der Waals surface area contributed by atoms with E-state index in [1.54, 1.807) is 51.3 Å². The normalized spacial score (nSPS) is 19.5. The van der Waals surface area contributed by atoms with Gasteiger partial charge in [0.05, 0.1) is 17.6 Å². The average Bonchev–Trinajstić information content (AvgIpc) is 3.22. The number of hydrogen-bond acceptors (Lipinski definition) is 6. The second-order valence-corrected chi connectivity index (χ2v) is 7.25. The summed E-state index contributed by atoms with van der Waals surface area (Å²) in [6.45, 7) is 4.71. The maximum absolute atomic E-state index is 12.5. The summed E-state index contributed by atoms with van der Waals surface area (Å²) in [4.78, 5) is 36.0. The van der Waals surface area contributed by atoms with E-state index in [2.05, 4.69) is 0 Å².